The van der Waals surface area contributed by atoms with Gasteiger partial charge in [0, 0.05) is 12.7 Å². The fourth-order valence-electron chi connectivity index (χ4n) is 2.19. The van der Waals surface area contributed by atoms with Crippen LogP contribution in [-0.2, 0) is 4.79 Å². The van der Waals surface area contributed by atoms with Gasteiger partial charge in [-0.3, -0.25) is 4.79 Å². The Labute approximate surface area is 146 Å². The van der Waals surface area contributed by atoms with E-state index in [9.17, 15) is 4.79 Å². The van der Waals surface area contributed by atoms with Crippen molar-refractivity contribution >= 4 is 51.0 Å². The van der Waals surface area contributed by atoms with Gasteiger partial charge in [-0.05, 0) is 52.9 Å². The number of carbonyl (C=O) groups is 1. The minimum atomic E-state index is -0.169. The number of benzene rings is 1. The van der Waals surface area contributed by atoms with Crippen LogP contribution >= 0.6 is 22.6 Å². The van der Waals surface area contributed by atoms with E-state index in [1.165, 1.54) is 17.3 Å². The first kappa shape index (κ1) is 15.4. The fraction of sp³-hybridized carbons (Fsp3) is 0.0667. The minimum Gasteiger partial charge on any atom is -0.383 e. The summed E-state index contributed by atoms with van der Waals surface area (Å²) in [4.78, 5) is 21.4. The summed E-state index contributed by atoms with van der Waals surface area (Å²) < 4.78 is 2.44. The monoisotopic (exact) mass is 420 g/mol. The fourth-order valence-corrected chi connectivity index (χ4v) is 2.93. The van der Waals surface area contributed by atoms with Crippen LogP contribution in [0.25, 0.3) is 16.7 Å². The molecule has 0 saturated carbocycles. The maximum absolute atomic E-state index is 11.6. The topological polar surface area (TPSA) is 89.9 Å². The van der Waals surface area contributed by atoms with Gasteiger partial charge in [0.2, 0.25) is 5.91 Å². The average Bonchev–Trinajstić information content (AvgIpc) is 2.92. The predicted molar refractivity (Wildman–Crippen MR) is 97.4 cm³/mol. The van der Waals surface area contributed by atoms with Crippen LogP contribution in [0.1, 0.15) is 0 Å². The number of halogens is 1. The second-order valence-electron chi connectivity index (χ2n) is 4.78. The Hall–Kier alpha value is -2.49. The number of anilines is 2. The van der Waals surface area contributed by atoms with Gasteiger partial charge < -0.3 is 10.6 Å². The van der Waals surface area contributed by atoms with Crippen molar-refractivity contribution in [3.63, 3.8) is 0 Å². The smallest absolute Gasteiger partial charge is 0.250 e. The number of likely N-dealkylation sites (N-methyl/N-ethyl adjacent to an activating group) is 1. The van der Waals surface area contributed by atoms with Crippen molar-refractivity contribution in [2.75, 3.05) is 17.7 Å². The van der Waals surface area contributed by atoms with Crippen LogP contribution in [0.2, 0.25) is 0 Å². The van der Waals surface area contributed by atoms with Gasteiger partial charge >= 0.3 is 0 Å². The predicted octanol–water partition coefficient (Wildman–Crippen LogP) is 2.15. The maximum atomic E-state index is 11.6. The lowest BCUT2D eigenvalue weighted by molar-refractivity contribution is -0.113. The number of amides is 1. The molecule has 0 saturated heterocycles. The summed E-state index contributed by atoms with van der Waals surface area (Å²) in [5.74, 6) is 0.232. The molecule has 2 aromatic heterocycles. The molecule has 0 radical (unpaired) electrons. The van der Waals surface area contributed by atoms with Crippen LogP contribution in [-0.4, -0.2) is 32.7 Å². The third kappa shape index (κ3) is 2.65. The Balaban J connectivity index is 2.05. The molecule has 2 N–H and O–H groups in total. The maximum Gasteiger partial charge on any atom is 0.250 e. The first-order valence-corrected chi connectivity index (χ1v) is 7.76. The van der Waals surface area contributed by atoms with Crippen LogP contribution in [0.3, 0.4) is 0 Å². The van der Waals surface area contributed by atoms with E-state index in [0.717, 1.165) is 20.5 Å². The zero-order chi connectivity index (χ0) is 16.6. The molecule has 0 aliphatic rings. The number of nitrogen functional groups attached to an aromatic ring is 1. The van der Waals surface area contributed by atoms with Gasteiger partial charge in [-0.15, -0.1) is 0 Å². The van der Waals surface area contributed by atoms with E-state index >= 15 is 0 Å². The molecule has 0 aliphatic carbocycles. The summed E-state index contributed by atoms with van der Waals surface area (Å²) in [5.41, 5.74) is 8.12. The average molecular weight is 420 g/mol. The highest BCUT2D eigenvalue weighted by Crippen LogP contribution is 2.26. The Morgan fingerprint density at radius 2 is 2.04 bits per heavy atom. The summed E-state index contributed by atoms with van der Waals surface area (Å²) in [7, 11) is 1.69. The first-order valence-electron chi connectivity index (χ1n) is 6.68. The third-order valence-electron chi connectivity index (χ3n) is 3.44. The molecule has 0 aliphatic heterocycles. The van der Waals surface area contributed by atoms with E-state index in [-0.39, 0.29) is 5.91 Å². The lowest BCUT2D eigenvalue weighted by Crippen LogP contribution is -2.23. The second-order valence-corrected chi connectivity index (χ2v) is 5.80. The van der Waals surface area contributed by atoms with Crippen molar-refractivity contribution < 1.29 is 4.79 Å². The quantitative estimate of drug-likeness (QED) is 0.518. The van der Waals surface area contributed by atoms with Gasteiger partial charge in [0.1, 0.15) is 15.8 Å². The lowest BCUT2D eigenvalue weighted by atomic mass is 10.2. The molecule has 0 unspecified atom stereocenters. The molecule has 0 fully saturated rings. The van der Waals surface area contributed by atoms with Gasteiger partial charge in [-0.25, -0.2) is 14.6 Å². The van der Waals surface area contributed by atoms with Crippen LogP contribution in [0, 0.1) is 3.70 Å². The molecule has 23 heavy (non-hydrogen) atoms. The van der Waals surface area contributed by atoms with E-state index in [2.05, 4.69) is 44.2 Å². The minimum absolute atomic E-state index is 0.169. The Bertz CT molecular complexity index is 902. The van der Waals surface area contributed by atoms with Crippen LogP contribution in [0.15, 0.2) is 43.2 Å². The van der Waals surface area contributed by atoms with Crippen molar-refractivity contribution in [2.24, 2.45) is 0 Å². The lowest BCUT2D eigenvalue weighted by Gasteiger charge is -2.15. The van der Waals surface area contributed by atoms with Gasteiger partial charge in [-0.2, -0.15) is 5.10 Å². The molecule has 2 heterocycles. The number of hydrogen-bond acceptors (Lipinski definition) is 5. The van der Waals surface area contributed by atoms with E-state index in [1.807, 2.05) is 24.3 Å². The van der Waals surface area contributed by atoms with Gasteiger partial charge in [0.15, 0.2) is 5.65 Å². The molecule has 7 nitrogen and oxygen atoms in total. The van der Waals surface area contributed by atoms with Crippen molar-refractivity contribution in [2.45, 2.75) is 0 Å². The zero-order valence-corrected chi connectivity index (χ0v) is 14.4. The SMILES string of the molecule is C=CC(=O)N(C)c1ccc(-n2nc(I)c3c(N)ncnc32)cc1. The number of carbonyl (C=O) groups excluding carboxylic acids is 1. The molecule has 1 aromatic carbocycles. The highest BCUT2D eigenvalue weighted by atomic mass is 127. The van der Waals surface area contributed by atoms with Crippen LogP contribution in [0.4, 0.5) is 11.5 Å². The largest absolute Gasteiger partial charge is 0.383 e. The Morgan fingerprint density at radius 3 is 2.70 bits per heavy atom. The molecule has 1 amide bonds. The van der Waals surface area contributed by atoms with Gasteiger partial charge in [0.25, 0.3) is 0 Å². The molecule has 3 aromatic rings. The van der Waals surface area contributed by atoms with E-state index in [0.29, 0.717) is 11.5 Å². The van der Waals surface area contributed by atoms with Gasteiger partial charge in [0.05, 0.1) is 11.1 Å². The third-order valence-corrected chi connectivity index (χ3v) is 4.19. The van der Waals surface area contributed by atoms with E-state index in [4.69, 9.17) is 5.73 Å². The molecule has 0 bridgehead atoms. The molecular weight excluding hydrogens is 407 g/mol. The Kier molecular flexibility index (Phi) is 3.99. The molecule has 3 rings (SSSR count). The zero-order valence-electron chi connectivity index (χ0n) is 12.3. The van der Waals surface area contributed by atoms with Crippen molar-refractivity contribution in [1.82, 2.24) is 19.7 Å². The second kappa shape index (κ2) is 5.95. The Morgan fingerprint density at radius 1 is 1.35 bits per heavy atom. The van der Waals surface area contributed by atoms with Gasteiger partial charge in [-0.1, -0.05) is 6.58 Å². The van der Waals surface area contributed by atoms with Crippen LogP contribution in [0.5, 0.6) is 0 Å². The van der Waals surface area contributed by atoms with Crippen molar-refractivity contribution in [1.29, 1.82) is 0 Å². The number of aromatic nitrogens is 4. The molecule has 8 heteroatoms. The number of fused-ring (bicyclic) bond motifs is 1. The molecular formula is C15H13IN6O. The summed E-state index contributed by atoms with van der Waals surface area (Å²) in [6.07, 6.45) is 2.69. The number of nitrogens with zero attached hydrogens (tertiary/aromatic N) is 5. The van der Waals surface area contributed by atoms with Crippen molar-refractivity contribution in [3.8, 4) is 5.69 Å². The number of hydrogen-bond donors (Lipinski definition) is 1. The van der Waals surface area contributed by atoms with Crippen molar-refractivity contribution in [3.05, 3.63) is 46.9 Å². The number of rotatable bonds is 3. The van der Waals surface area contributed by atoms with Crippen LogP contribution < -0.4 is 10.6 Å². The molecule has 116 valence electrons. The number of nitrogens with two attached hydrogens (primary N) is 1. The van der Waals surface area contributed by atoms with E-state index in [1.54, 1.807) is 11.7 Å². The summed E-state index contributed by atoms with van der Waals surface area (Å²) in [6, 6.07) is 7.40. The molecule has 0 spiro atoms. The summed E-state index contributed by atoms with van der Waals surface area (Å²) in [5, 5.41) is 5.20. The highest BCUT2D eigenvalue weighted by molar-refractivity contribution is 14.1. The standard InChI is InChI=1S/C15H13IN6O/c1-3-11(23)21(2)9-4-6-10(7-5-9)22-15-12(13(16)20-22)14(17)18-8-19-15/h3-8H,1H2,2H3,(H2,17,18,19). The summed E-state index contributed by atoms with van der Waals surface area (Å²) >= 11 is 2.11. The summed E-state index contributed by atoms with van der Waals surface area (Å²) in [6.45, 7) is 3.49. The van der Waals surface area contributed by atoms with E-state index < -0.39 is 0 Å². The highest BCUT2D eigenvalue weighted by Gasteiger charge is 2.15. The normalized spacial score (nSPS) is 10.7. The first-order chi connectivity index (χ1) is 11.0. The molecule has 0 atom stereocenters.